The van der Waals surface area contributed by atoms with Gasteiger partial charge in [0.05, 0.1) is 10.6 Å². The van der Waals surface area contributed by atoms with Gasteiger partial charge in [-0.3, -0.25) is 24.5 Å². The molecule has 29 heavy (non-hydrogen) atoms. The summed E-state index contributed by atoms with van der Waals surface area (Å²) in [6, 6.07) is 11.3. The number of hydrogen-bond donors (Lipinski definition) is 1. The molecule has 0 unspecified atom stereocenters. The molecule has 3 aromatic rings. The number of nitrogens with zero attached hydrogens (tertiary/aromatic N) is 4. The maximum atomic E-state index is 12.4. The minimum absolute atomic E-state index is 0.0232. The summed E-state index contributed by atoms with van der Waals surface area (Å²) >= 11 is 0. The quantitative estimate of drug-likeness (QED) is 0.411. The highest BCUT2D eigenvalue weighted by Gasteiger charge is 2.39. The third-order valence-corrected chi connectivity index (χ3v) is 4.21. The van der Waals surface area contributed by atoms with Gasteiger partial charge < -0.3 is 5.32 Å². The number of carbonyl (C=O) groups excluding carboxylic acids is 3. The number of amides is 3. The maximum absolute atomic E-state index is 12.4. The second-order valence-electron chi connectivity index (χ2n) is 6.01. The van der Waals surface area contributed by atoms with Crippen molar-refractivity contribution in [3.63, 3.8) is 0 Å². The molecule has 3 amide bonds. The van der Waals surface area contributed by atoms with Gasteiger partial charge in [0.15, 0.2) is 11.4 Å². The van der Waals surface area contributed by atoms with Crippen LogP contribution >= 0.6 is 0 Å². The number of imide groups is 1. The van der Waals surface area contributed by atoms with Crippen LogP contribution in [0.2, 0.25) is 0 Å². The predicted octanol–water partition coefficient (Wildman–Crippen LogP) is 2.44. The van der Waals surface area contributed by atoms with Crippen LogP contribution < -0.4 is 10.2 Å². The molecule has 0 saturated heterocycles. The Labute approximate surface area is 163 Å². The van der Waals surface area contributed by atoms with E-state index in [4.69, 9.17) is 0 Å². The first kappa shape index (κ1) is 17.9. The van der Waals surface area contributed by atoms with Crippen molar-refractivity contribution in [1.29, 1.82) is 0 Å². The zero-order valence-electron chi connectivity index (χ0n) is 14.6. The number of non-ortho nitro benzene ring substituents is 1. The summed E-state index contributed by atoms with van der Waals surface area (Å²) < 4.78 is 0. The monoisotopic (exact) mass is 389 g/mol. The highest BCUT2D eigenvalue weighted by Crippen LogP contribution is 2.26. The molecule has 0 fully saturated rings. The van der Waals surface area contributed by atoms with E-state index < -0.39 is 22.6 Å². The van der Waals surface area contributed by atoms with Gasteiger partial charge in [0.2, 0.25) is 0 Å². The van der Waals surface area contributed by atoms with Gasteiger partial charge >= 0.3 is 0 Å². The molecule has 0 radical (unpaired) electrons. The molecule has 1 aromatic heterocycles. The normalized spacial score (nSPS) is 12.6. The molecule has 2 heterocycles. The van der Waals surface area contributed by atoms with Crippen LogP contribution in [0.4, 0.5) is 17.1 Å². The Hall–Kier alpha value is -4.47. The third kappa shape index (κ3) is 3.18. The minimum Gasteiger partial charge on any atom is -0.322 e. The summed E-state index contributed by atoms with van der Waals surface area (Å²) in [6.07, 6.45) is 2.66. The van der Waals surface area contributed by atoms with E-state index in [1.807, 2.05) is 0 Å². The van der Waals surface area contributed by atoms with Crippen LogP contribution in [0, 0.1) is 10.1 Å². The van der Waals surface area contributed by atoms with Crippen molar-refractivity contribution < 1.29 is 19.3 Å². The predicted molar refractivity (Wildman–Crippen MR) is 101 cm³/mol. The summed E-state index contributed by atoms with van der Waals surface area (Å²) in [7, 11) is 0. The highest BCUT2D eigenvalue weighted by atomic mass is 16.6. The van der Waals surface area contributed by atoms with Crippen molar-refractivity contribution in [2.45, 2.75) is 0 Å². The lowest BCUT2D eigenvalue weighted by atomic mass is 10.1. The van der Waals surface area contributed by atoms with E-state index in [1.54, 1.807) is 0 Å². The number of nitrogens with one attached hydrogen (secondary N) is 1. The second-order valence-corrected chi connectivity index (χ2v) is 6.01. The molecule has 0 spiro atoms. The lowest BCUT2D eigenvalue weighted by Crippen LogP contribution is -2.29. The fourth-order valence-electron chi connectivity index (χ4n) is 2.85. The first-order valence-electron chi connectivity index (χ1n) is 8.31. The van der Waals surface area contributed by atoms with E-state index in [-0.39, 0.29) is 34.0 Å². The minimum atomic E-state index is -0.591. The summed E-state index contributed by atoms with van der Waals surface area (Å²) in [5, 5.41) is 13.4. The highest BCUT2D eigenvalue weighted by molar-refractivity contribution is 6.33. The first-order chi connectivity index (χ1) is 14.0. The van der Waals surface area contributed by atoms with Crippen molar-refractivity contribution in [1.82, 2.24) is 9.97 Å². The smallest absolute Gasteiger partial charge is 0.286 e. The summed E-state index contributed by atoms with van der Waals surface area (Å²) in [4.78, 5) is 56.2. The van der Waals surface area contributed by atoms with E-state index in [9.17, 15) is 24.5 Å². The molecule has 4 rings (SSSR count). The van der Waals surface area contributed by atoms with Crippen molar-refractivity contribution in [2.75, 3.05) is 10.2 Å². The average Bonchev–Trinajstić information content (AvgIpc) is 2.99. The molecule has 142 valence electrons. The van der Waals surface area contributed by atoms with Gasteiger partial charge in [-0.05, 0) is 30.3 Å². The second kappa shape index (κ2) is 6.93. The molecular formula is C19H11N5O5. The number of aromatic nitrogens is 2. The van der Waals surface area contributed by atoms with E-state index in [0.29, 0.717) is 0 Å². The van der Waals surface area contributed by atoms with Gasteiger partial charge in [0.25, 0.3) is 23.4 Å². The number of fused-ring (bicyclic) bond motifs is 1. The Morgan fingerprint density at radius 3 is 2.17 bits per heavy atom. The molecule has 0 aliphatic carbocycles. The molecule has 0 atom stereocenters. The van der Waals surface area contributed by atoms with E-state index in [0.717, 1.165) is 4.90 Å². The Kier molecular flexibility index (Phi) is 4.28. The average molecular weight is 389 g/mol. The largest absolute Gasteiger partial charge is 0.322 e. The zero-order chi connectivity index (χ0) is 20.5. The van der Waals surface area contributed by atoms with Crippen LogP contribution in [0.15, 0.2) is 60.9 Å². The van der Waals surface area contributed by atoms with Crippen molar-refractivity contribution in [3.8, 4) is 0 Å². The standard InChI is InChI=1S/C19H11N5O5/c25-17(22-12-2-1-3-14(10-12)24(28)29)11-4-6-13(7-5-11)23-18(26)15-16(19(23)27)21-9-8-20-15/h1-10H,(H,22,25). The number of benzene rings is 2. The SMILES string of the molecule is O=C(Nc1cccc([N+](=O)[O-])c1)c1ccc(N2C(=O)c3nccnc3C2=O)cc1. The van der Waals surface area contributed by atoms with Gasteiger partial charge in [0, 0.05) is 35.8 Å². The van der Waals surface area contributed by atoms with Crippen LogP contribution in [0.1, 0.15) is 31.3 Å². The Morgan fingerprint density at radius 1 is 0.966 bits per heavy atom. The van der Waals surface area contributed by atoms with Crippen molar-refractivity contribution in [2.24, 2.45) is 0 Å². The fourth-order valence-corrected chi connectivity index (χ4v) is 2.85. The van der Waals surface area contributed by atoms with Crippen molar-refractivity contribution >= 4 is 34.8 Å². The molecule has 10 heteroatoms. The van der Waals surface area contributed by atoms with Gasteiger partial charge in [-0.1, -0.05) is 6.07 Å². The van der Waals surface area contributed by atoms with Crippen LogP contribution in [0.25, 0.3) is 0 Å². The molecule has 0 bridgehead atoms. The molecular weight excluding hydrogens is 378 g/mol. The van der Waals surface area contributed by atoms with Crippen molar-refractivity contribution in [3.05, 3.63) is 88.0 Å². The maximum Gasteiger partial charge on any atom is 0.286 e. The number of nitro benzene ring substituents is 1. The topological polar surface area (TPSA) is 135 Å². The summed E-state index contributed by atoms with van der Waals surface area (Å²) in [5.41, 5.74) is 0.589. The van der Waals surface area contributed by atoms with Crippen LogP contribution in [-0.4, -0.2) is 32.6 Å². The van der Waals surface area contributed by atoms with E-state index in [2.05, 4.69) is 15.3 Å². The van der Waals surface area contributed by atoms with Gasteiger partial charge in [0.1, 0.15) is 0 Å². The summed E-state index contributed by atoms with van der Waals surface area (Å²) in [6.45, 7) is 0. The number of anilines is 2. The van der Waals surface area contributed by atoms with Crippen LogP contribution in [0.3, 0.4) is 0 Å². The number of nitro groups is 1. The lowest BCUT2D eigenvalue weighted by molar-refractivity contribution is -0.384. The number of carbonyl (C=O) groups is 3. The molecule has 2 aromatic carbocycles. The Morgan fingerprint density at radius 2 is 1.59 bits per heavy atom. The van der Waals surface area contributed by atoms with Gasteiger partial charge in [-0.2, -0.15) is 0 Å². The molecule has 1 N–H and O–H groups in total. The number of hydrogen-bond acceptors (Lipinski definition) is 7. The van der Waals surface area contributed by atoms with Gasteiger partial charge in [-0.15, -0.1) is 0 Å². The van der Waals surface area contributed by atoms with Crippen LogP contribution in [-0.2, 0) is 0 Å². The molecule has 1 aliphatic heterocycles. The van der Waals surface area contributed by atoms with E-state index in [1.165, 1.54) is 60.9 Å². The van der Waals surface area contributed by atoms with Gasteiger partial charge in [-0.25, -0.2) is 14.9 Å². The first-order valence-corrected chi connectivity index (χ1v) is 8.31. The summed E-state index contributed by atoms with van der Waals surface area (Å²) in [5.74, 6) is -1.68. The zero-order valence-corrected chi connectivity index (χ0v) is 14.6. The third-order valence-electron chi connectivity index (χ3n) is 4.21. The molecule has 10 nitrogen and oxygen atoms in total. The Balaban J connectivity index is 1.53. The van der Waals surface area contributed by atoms with E-state index >= 15 is 0 Å². The molecule has 0 saturated carbocycles. The fraction of sp³-hybridized carbons (Fsp3) is 0. The number of rotatable bonds is 4. The molecule has 1 aliphatic rings. The lowest BCUT2D eigenvalue weighted by Gasteiger charge is -2.13. The van der Waals surface area contributed by atoms with Crippen LogP contribution in [0.5, 0.6) is 0 Å². The Bertz CT molecular complexity index is 1140.